The maximum absolute atomic E-state index is 13.3. The molecule has 2 aromatic carbocycles. The third-order valence-corrected chi connectivity index (χ3v) is 6.65. The summed E-state index contributed by atoms with van der Waals surface area (Å²) in [5.74, 6) is -0.138. The van der Waals surface area contributed by atoms with Gasteiger partial charge in [0.1, 0.15) is 17.1 Å². The van der Waals surface area contributed by atoms with Crippen LogP contribution in [0.5, 0.6) is 5.75 Å². The smallest absolute Gasteiger partial charge is 0.344 e. The van der Waals surface area contributed by atoms with Gasteiger partial charge in [-0.3, -0.25) is 4.79 Å². The molecule has 1 heterocycles. The highest BCUT2D eigenvalue weighted by Gasteiger charge is 2.41. The number of aromatic hydroxyl groups is 1. The maximum atomic E-state index is 13.3. The zero-order valence-corrected chi connectivity index (χ0v) is 20.1. The number of rotatable bonds is 14. The standard InChI is InChI=1S/C29H36O5/c1-22(31)21-29(23-15-9-8-10-16-23,19-13-6-4-2-3-5-7-14-20-30)26-27(32)24-17-11-12-18-25(24)34-28(26)33/h8-12,15-18,30,32H,2-7,13-14,19-21H2,1H3. The molecule has 0 amide bonds. The Bertz CT molecular complexity index is 1120. The van der Waals surface area contributed by atoms with Gasteiger partial charge in [-0.1, -0.05) is 87.4 Å². The summed E-state index contributed by atoms with van der Waals surface area (Å²) in [6.07, 6.45) is 8.88. The van der Waals surface area contributed by atoms with E-state index in [1.54, 1.807) is 24.3 Å². The molecule has 0 bridgehead atoms. The minimum Gasteiger partial charge on any atom is -0.507 e. The van der Waals surface area contributed by atoms with Crippen molar-refractivity contribution in [2.75, 3.05) is 6.61 Å². The largest absolute Gasteiger partial charge is 0.507 e. The normalized spacial score (nSPS) is 13.1. The number of carbonyl (C=O) groups is 1. The van der Waals surface area contributed by atoms with Gasteiger partial charge in [-0.25, -0.2) is 4.79 Å². The fraction of sp³-hybridized carbons (Fsp3) is 0.448. The highest BCUT2D eigenvalue weighted by molar-refractivity contribution is 5.86. The van der Waals surface area contributed by atoms with E-state index in [1.165, 1.54) is 6.92 Å². The van der Waals surface area contributed by atoms with Crippen LogP contribution in [0.2, 0.25) is 0 Å². The van der Waals surface area contributed by atoms with Gasteiger partial charge in [-0.2, -0.15) is 0 Å². The van der Waals surface area contributed by atoms with Gasteiger partial charge in [0, 0.05) is 18.4 Å². The fourth-order valence-corrected chi connectivity index (χ4v) is 5.03. The monoisotopic (exact) mass is 464 g/mol. The Labute approximate surface area is 201 Å². The third kappa shape index (κ3) is 6.15. The summed E-state index contributed by atoms with van der Waals surface area (Å²) in [4.78, 5) is 25.8. The quantitative estimate of drug-likeness (QED) is 0.217. The Hall–Kier alpha value is -2.92. The molecular weight excluding hydrogens is 428 g/mol. The molecule has 0 aliphatic rings. The highest BCUT2D eigenvalue weighted by atomic mass is 16.4. The predicted octanol–water partition coefficient (Wildman–Crippen LogP) is 6.27. The van der Waals surface area contributed by atoms with Crippen LogP contribution in [0, 0.1) is 0 Å². The lowest BCUT2D eigenvalue weighted by molar-refractivity contribution is -0.118. The molecule has 3 aromatic rings. The number of hydrogen-bond acceptors (Lipinski definition) is 5. The van der Waals surface area contributed by atoms with Crippen molar-refractivity contribution in [1.29, 1.82) is 0 Å². The molecule has 1 unspecified atom stereocenters. The molecule has 0 spiro atoms. The first kappa shape index (κ1) is 25.7. The van der Waals surface area contributed by atoms with Gasteiger partial charge in [0.05, 0.1) is 10.9 Å². The summed E-state index contributed by atoms with van der Waals surface area (Å²) in [6.45, 7) is 1.79. The number of ketones is 1. The number of aliphatic hydroxyl groups is 1. The molecule has 1 atom stereocenters. The van der Waals surface area contributed by atoms with E-state index in [9.17, 15) is 14.7 Å². The Balaban J connectivity index is 1.93. The second-order valence-corrected chi connectivity index (χ2v) is 9.24. The van der Waals surface area contributed by atoms with Crippen LogP contribution in [0.1, 0.15) is 82.3 Å². The fourth-order valence-electron chi connectivity index (χ4n) is 5.03. The van der Waals surface area contributed by atoms with E-state index < -0.39 is 11.0 Å². The molecule has 1 aromatic heterocycles. The Morgan fingerprint density at radius 1 is 0.853 bits per heavy atom. The average molecular weight is 465 g/mol. The minimum atomic E-state index is -0.955. The van der Waals surface area contributed by atoms with Crippen LogP contribution in [0.15, 0.2) is 63.8 Å². The molecule has 2 N–H and O–H groups in total. The lowest BCUT2D eigenvalue weighted by Crippen LogP contribution is -2.35. The van der Waals surface area contributed by atoms with Crippen LogP contribution in [0.4, 0.5) is 0 Å². The molecule has 34 heavy (non-hydrogen) atoms. The Morgan fingerprint density at radius 2 is 1.44 bits per heavy atom. The molecule has 0 aliphatic heterocycles. The van der Waals surface area contributed by atoms with Gasteiger partial charge in [-0.15, -0.1) is 0 Å². The number of para-hydroxylation sites is 1. The Morgan fingerprint density at radius 3 is 2.09 bits per heavy atom. The highest BCUT2D eigenvalue weighted by Crippen LogP contribution is 2.44. The van der Waals surface area contributed by atoms with E-state index in [0.717, 1.165) is 56.9 Å². The average Bonchev–Trinajstić information content (AvgIpc) is 2.83. The minimum absolute atomic E-state index is 0.0419. The zero-order chi connectivity index (χ0) is 24.4. The molecule has 182 valence electrons. The number of benzene rings is 2. The summed E-state index contributed by atoms with van der Waals surface area (Å²) < 4.78 is 5.63. The molecule has 0 saturated heterocycles. The summed E-state index contributed by atoms with van der Waals surface area (Å²) in [5.41, 5.74) is -0.197. The summed E-state index contributed by atoms with van der Waals surface area (Å²) in [7, 11) is 0. The number of fused-ring (bicyclic) bond motifs is 1. The van der Waals surface area contributed by atoms with Gasteiger partial charge in [0.25, 0.3) is 0 Å². The first-order valence-electron chi connectivity index (χ1n) is 12.4. The topological polar surface area (TPSA) is 87.7 Å². The van der Waals surface area contributed by atoms with Crippen molar-refractivity contribution in [2.45, 2.75) is 76.5 Å². The van der Waals surface area contributed by atoms with E-state index >= 15 is 0 Å². The zero-order valence-electron chi connectivity index (χ0n) is 20.1. The Kier molecular flexibility index (Phi) is 9.46. The maximum Gasteiger partial charge on any atom is 0.344 e. The third-order valence-electron chi connectivity index (χ3n) is 6.65. The van der Waals surface area contributed by atoms with Crippen LogP contribution in [0.3, 0.4) is 0 Å². The van der Waals surface area contributed by atoms with E-state index in [1.807, 2.05) is 30.3 Å². The molecule has 0 radical (unpaired) electrons. The second kappa shape index (κ2) is 12.5. The van der Waals surface area contributed by atoms with E-state index in [2.05, 4.69) is 0 Å². The van der Waals surface area contributed by atoms with Crippen molar-refractivity contribution in [3.63, 3.8) is 0 Å². The molecule has 0 saturated carbocycles. The number of Topliss-reactive ketones (excluding diaryl/α,β-unsaturated/α-hetero) is 1. The van der Waals surface area contributed by atoms with Gasteiger partial charge >= 0.3 is 5.63 Å². The van der Waals surface area contributed by atoms with Gasteiger partial charge in [0.2, 0.25) is 0 Å². The first-order valence-corrected chi connectivity index (χ1v) is 12.4. The van der Waals surface area contributed by atoms with Crippen LogP contribution < -0.4 is 5.63 Å². The molecule has 5 heteroatoms. The van der Waals surface area contributed by atoms with Gasteiger partial charge < -0.3 is 14.6 Å². The van der Waals surface area contributed by atoms with E-state index in [0.29, 0.717) is 17.4 Å². The van der Waals surface area contributed by atoms with E-state index in [-0.39, 0.29) is 30.1 Å². The lowest BCUT2D eigenvalue weighted by Gasteiger charge is -2.34. The van der Waals surface area contributed by atoms with Crippen LogP contribution >= 0.6 is 0 Å². The molecule has 3 rings (SSSR count). The SMILES string of the molecule is CC(=O)CC(CCCCCCCCCCO)(c1ccccc1)c1c(O)c2ccccc2oc1=O. The number of hydrogen-bond donors (Lipinski definition) is 2. The number of aliphatic hydroxyl groups excluding tert-OH is 1. The molecule has 0 fully saturated rings. The van der Waals surface area contributed by atoms with Crippen molar-refractivity contribution in [1.82, 2.24) is 0 Å². The van der Waals surface area contributed by atoms with Gasteiger partial charge in [0.15, 0.2) is 0 Å². The summed E-state index contributed by atoms with van der Waals surface area (Å²) in [6, 6.07) is 16.5. The molecule has 0 aliphatic carbocycles. The molecule has 5 nitrogen and oxygen atoms in total. The predicted molar refractivity (Wildman–Crippen MR) is 135 cm³/mol. The van der Waals surface area contributed by atoms with Crippen molar-refractivity contribution in [3.05, 3.63) is 76.1 Å². The van der Waals surface area contributed by atoms with Gasteiger partial charge in [-0.05, 0) is 37.5 Å². The number of carbonyl (C=O) groups excluding carboxylic acids is 1. The lowest BCUT2D eigenvalue weighted by atomic mass is 9.68. The van der Waals surface area contributed by atoms with Crippen LogP contribution in [0.25, 0.3) is 11.0 Å². The second-order valence-electron chi connectivity index (χ2n) is 9.24. The van der Waals surface area contributed by atoms with E-state index in [4.69, 9.17) is 9.52 Å². The van der Waals surface area contributed by atoms with Crippen LogP contribution in [-0.4, -0.2) is 22.6 Å². The van der Waals surface area contributed by atoms with Crippen molar-refractivity contribution >= 4 is 16.8 Å². The first-order chi connectivity index (χ1) is 16.5. The summed E-state index contributed by atoms with van der Waals surface area (Å²) >= 11 is 0. The van der Waals surface area contributed by atoms with Crippen LogP contribution in [-0.2, 0) is 10.2 Å². The molecular formula is C29H36O5. The van der Waals surface area contributed by atoms with Crippen molar-refractivity contribution < 1.29 is 19.4 Å². The van der Waals surface area contributed by atoms with Crippen molar-refractivity contribution in [2.24, 2.45) is 0 Å². The summed E-state index contributed by atoms with van der Waals surface area (Å²) in [5, 5.41) is 20.7. The van der Waals surface area contributed by atoms with Crippen molar-refractivity contribution in [3.8, 4) is 5.75 Å². The number of unbranched alkanes of at least 4 members (excludes halogenated alkanes) is 7.